The summed E-state index contributed by atoms with van der Waals surface area (Å²) in [5.74, 6) is 0.899. The lowest BCUT2D eigenvalue weighted by molar-refractivity contribution is 0.230. The molecular formula is C30H40N4O2. The van der Waals surface area contributed by atoms with Crippen molar-refractivity contribution in [2.45, 2.75) is 77.0 Å². The maximum absolute atomic E-state index is 12.6. The van der Waals surface area contributed by atoms with Crippen molar-refractivity contribution in [3.8, 4) is 0 Å². The summed E-state index contributed by atoms with van der Waals surface area (Å²) < 4.78 is 0. The fourth-order valence-corrected chi connectivity index (χ4v) is 6.38. The molecule has 4 amide bonds. The molecular weight excluding hydrogens is 448 g/mol. The topological polar surface area (TPSA) is 82.3 Å². The number of amides is 4. The van der Waals surface area contributed by atoms with Crippen LogP contribution < -0.4 is 21.3 Å². The molecule has 1 fully saturated rings. The predicted molar refractivity (Wildman–Crippen MR) is 146 cm³/mol. The van der Waals surface area contributed by atoms with Crippen LogP contribution in [-0.2, 0) is 25.7 Å². The number of hydrogen-bond acceptors (Lipinski definition) is 2. The van der Waals surface area contributed by atoms with E-state index in [4.69, 9.17) is 0 Å². The average Bonchev–Trinajstić information content (AvgIpc) is 2.91. The summed E-state index contributed by atoms with van der Waals surface area (Å²) in [6.45, 7) is 1.36. The Kier molecular flexibility index (Phi) is 8.09. The molecule has 3 aliphatic rings. The van der Waals surface area contributed by atoms with Crippen molar-refractivity contribution in [1.82, 2.24) is 10.6 Å². The normalized spacial score (nSPS) is 21.0. The van der Waals surface area contributed by atoms with Crippen molar-refractivity contribution >= 4 is 23.4 Å². The van der Waals surface area contributed by atoms with Gasteiger partial charge in [0.1, 0.15) is 0 Å². The molecule has 0 aromatic heterocycles. The minimum absolute atomic E-state index is 0.111. The van der Waals surface area contributed by atoms with Gasteiger partial charge in [-0.2, -0.15) is 0 Å². The number of hydrogen-bond donors (Lipinski definition) is 4. The Labute approximate surface area is 215 Å². The summed E-state index contributed by atoms with van der Waals surface area (Å²) in [7, 11) is 0. The van der Waals surface area contributed by atoms with Gasteiger partial charge in [0, 0.05) is 24.5 Å². The molecule has 0 saturated heterocycles. The molecule has 3 aliphatic carbocycles. The zero-order valence-corrected chi connectivity index (χ0v) is 21.3. The third kappa shape index (κ3) is 6.21. The lowest BCUT2D eigenvalue weighted by atomic mass is 9.81. The third-order valence-electron chi connectivity index (χ3n) is 8.28. The Morgan fingerprint density at radius 1 is 0.639 bits per heavy atom. The smallest absolute Gasteiger partial charge is 0.319 e. The molecule has 0 unspecified atom stereocenters. The molecule has 4 N–H and O–H groups in total. The van der Waals surface area contributed by atoms with E-state index in [1.807, 2.05) is 24.3 Å². The Balaban J connectivity index is 1.05. The minimum Gasteiger partial charge on any atom is -0.338 e. The van der Waals surface area contributed by atoms with Crippen LogP contribution in [0, 0.1) is 11.8 Å². The monoisotopic (exact) mass is 488 g/mol. The number of rotatable bonds is 6. The lowest BCUT2D eigenvalue weighted by Crippen LogP contribution is -2.38. The first-order chi connectivity index (χ1) is 17.7. The summed E-state index contributed by atoms with van der Waals surface area (Å²) in [4.78, 5) is 25.3. The highest BCUT2D eigenvalue weighted by atomic mass is 16.2. The van der Waals surface area contributed by atoms with E-state index in [1.54, 1.807) is 0 Å². The minimum atomic E-state index is -0.111. The van der Waals surface area contributed by atoms with Gasteiger partial charge in [0.25, 0.3) is 0 Å². The second-order valence-electron chi connectivity index (χ2n) is 10.9. The van der Waals surface area contributed by atoms with E-state index in [0.29, 0.717) is 24.9 Å². The lowest BCUT2D eigenvalue weighted by Gasteiger charge is -2.29. The molecule has 1 saturated carbocycles. The molecule has 2 atom stereocenters. The highest BCUT2D eigenvalue weighted by Crippen LogP contribution is 2.30. The third-order valence-corrected chi connectivity index (χ3v) is 8.28. The Hall–Kier alpha value is -3.02. The molecule has 192 valence electrons. The number of benzene rings is 2. The number of aryl methyl sites for hydroxylation is 2. The summed E-state index contributed by atoms with van der Waals surface area (Å²) in [6, 6.07) is 12.3. The van der Waals surface area contributed by atoms with Crippen LogP contribution in [0.2, 0.25) is 0 Å². The van der Waals surface area contributed by atoms with E-state index in [9.17, 15) is 9.59 Å². The second-order valence-corrected chi connectivity index (χ2v) is 10.9. The number of carbonyl (C=O) groups is 2. The van der Waals surface area contributed by atoms with Crippen LogP contribution >= 0.6 is 0 Å². The van der Waals surface area contributed by atoms with Crippen molar-refractivity contribution < 1.29 is 9.59 Å². The molecule has 6 nitrogen and oxygen atoms in total. The van der Waals surface area contributed by atoms with Gasteiger partial charge in [-0.3, -0.25) is 0 Å². The van der Waals surface area contributed by atoms with Crippen molar-refractivity contribution in [2.75, 3.05) is 23.7 Å². The number of nitrogens with one attached hydrogen (secondary N) is 4. The van der Waals surface area contributed by atoms with E-state index in [0.717, 1.165) is 62.7 Å². The van der Waals surface area contributed by atoms with Crippen molar-refractivity contribution in [2.24, 2.45) is 11.8 Å². The first-order valence-electron chi connectivity index (χ1n) is 14.0. The van der Waals surface area contributed by atoms with Crippen LogP contribution in [0.25, 0.3) is 0 Å². The standard InChI is InChI=1S/C30H40N4O2/c35-29(33-27-16-6-12-23-10-1-3-14-25(23)27)31-19-21-8-5-9-22(18-21)20-32-30(36)34-28-17-7-13-24-11-2-4-15-26(24)28/h6-7,12-13,16-17,21-22H,1-5,8-11,14-15,18-20H2,(H2,31,33,35)(H2,32,34,36)/t21-,22-/m1/s1. The van der Waals surface area contributed by atoms with Gasteiger partial charge < -0.3 is 21.3 Å². The SMILES string of the molecule is O=C(NC[C@@H]1CCC[C@@H](CNC(=O)Nc2cccc3c2CCCC3)C1)Nc1cccc2c1CCCC2. The molecule has 2 aromatic rings. The van der Waals surface area contributed by atoms with E-state index in [2.05, 4.69) is 33.4 Å². The van der Waals surface area contributed by atoms with Crippen LogP contribution in [0.3, 0.4) is 0 Å². The zero-order chi connectivity index (χ0) is 24.7. The summed E-state index contributed by atoms with van der Waals surface area (Å²) in [5.41, 5.74) is 7.27. The number of anilines is 2. The average molecular weight is 489 g/mol. The second kappa shape index (κ2) is 11.8. The van der Waals surface area contributed by atoms with Gasteiger partial charge >= 0.3 is 12.1 Å². The van der Waals surface area contributed by atoms with Gasteiger partial charge in [-0.15, -0.1) is 0 Å². The molecule has 5 rings (SSSR count). The molecule has 2 aromatic carbocycles. The molecule has 0 radical (unpaired) electrons. The van der Waals surface area contributed by atoms with Crippen LogP contribution in [0.5, 0.6) is 0 Å². The molecule has 0 bridgehead atoms. The van der Waals surface area contributed by atoms with Gasteiger partial charge in [0.15, 0.2) is 0 Å². The van der Waals surface area contributed by atoms with E-state index < -0.39 is 0 Å². The van der Waals surface area contributed by atoms with Crippen LogP contribution in [0.4, 0.5) is 21.0 Å². The van der Waals surface area contributed by atoms with Gasteiger partial charge in [0.2, 0.25) is 0 Å². The van der Waals surface area contributed by atoms with Gasteiger partial charge in [-0.05, 0) is 117 Å². The van der Waals surface area contributed by atoms with Crippen molar-refractivity contribution in [3.05, 3.63) is 58.7 Å². The Bertz CT molecular complexity index is 999. The molecule has 0 heterocycles. The van der Waals surface area contributed by atoms with Crippen molar-refractivity contribution in [1.29, 1.82) is 0 Å². The fraction of sp³-hybridized carbons (Fsp3) is 0.533. The Morgan fingerprint density at radius 3 is 1.61 bits per heavy atom. The number of carbonyl (C=O) groups excluding carboxylic acids is 2. The fourth-order valence-electron chi connectivity index (χ4n) is 6.38. The van der Waals surface area contributed by atoms with Crippen LogP contribution in [0.1, 0.15) is 73.6 Å². The van der Waals surface area contributed by atoms with Gasteiger partial charge in [-0.25, -0.2) is 9.59 Å². The van der Waals surface area contributed by atoms with E-state index in [1.165, 1.54) is 47.9 Å². The maximum atomic E-state index is 12.6. The molecule has 0 aliphatic heterocycles. The largest absolute Gasteiger partial charge is 0.338 e. The Morgan fingerprint density at radius 2 is 1.11 bits per heavy atom. The van der Waals surface area contributed by atoms with E-state index in [-0.39, 0.29) is 12.1 Å². The molecule has 36 heavy (non-hydrogen) atoms. The highest BCUT2D eigenvalue weighted by Gasteiger charge is 2.23. The molecule has 0 spiro atoms. The number of urea groups is 2. The highest BCUT2D eigenvalue weighted by molar-refractivity contribution is 5.91. The number of fused-ring (bicyclic) bond motifs is 2. The zero-order valence-electron chi connectivity index (χ0n) is 21.3. The molecule has 6 heteroatoms. The summed E-state index contributed by atoms with van der Waals surface area (Å²) >= 11 is 0. The maximum Gasteiger partial charge on any atom is 0.319 e. The predicted octanol–water partition coefficient (Wildman–Crippen LogP) is 6.19. The first-order valence-corrected chi connectivity index (χ1v) is 14.0. The first kappa shape index (κ1) is 24.7. The van der Waals surface area contributed by atoms with Crippen LogP contribution in [0.15, 0.2) is 36.4 Å². The van der Waals surface area contributed by atoms with E-state index >= 15 is 0 Å². The van der Waals surface area contributed by atoms with Gasteiger partial charge in [0.05, 0.1) is 0 Å². The summed E-state index contributed by atoms with van der Waals surface area (Å²) in [6.07, 6.45) is 13.6. The van der Waals surface area contributed by atoms with Crippen molar-refractivity contribution in [3.63, 3.8) is 0 Å². The van der Waals surface area contributed by atoms with Crippen LogP contribution in [-0.4, -0.2) is 25.2 Å². The van der Waals surface area contributed by atoms with Gasteiger partial charge in [-0.1, -0.05) is 30.7 Å². The summed E-state index contributed by atoms with van der Waals surface area (Å²) in [5, 5.41) is 12.4. The quantitative estimate of drug-likeness (QED) is 0.391.